The van der Waals surface area contributed by atoms with Gasteiger partial charge in [-0.1, -0.05) is 0 Å². The fourth-order valence-corrected chi connectivity index (χ4v) is 4.11. The standard InChI is InChI=1S/C19H21NO7S/c1-3-25-15-6-4-14(5-7-15)20(13-19(21)24-2)28(22,23)16-8-9-17-18(12-16)27-11-10-26-17/h4-9,12H,3,10-11,13H2,1-2H3. The molecule has 0 saturated carbocycles. The van der Waals surface area contributed by atoms with Gasteiger partial charge in [-0.15, -0.1) is 0 Å². The average molecular weight is 407 g/mol. The lowest BCUT2D eigenvalue weighted by atomic mass is 10.3. The Morgan fingerprint density at radius 3 is 2.39 bits per heavy atom. The van der Waals surface area contributed by atoms with Crippen molar-refractivity contribution in [3.63, 3.8) is 0 Å². The van der Waals surface area contributed by atoms with Crippen molar-refractivity contribution in [2.45, 2.75) is 11.8 Å². The lowest BCUT2D eigenvalue weighted by Crippen LogP contribution is -2.36. The van der Waals surface area contributed by atoms with Crippen molar-refractivity contribution in [1.82, 2.24) is 0 Å². The van der Waals surface area contributed by atoms with Crippen molar-refractivity contribution in [2.75, 3.05) is 37.8 Å². The van der Waals surface area contributed by atoms with Gasteiger partial charge in [0, 0.05) is 6.07 Å². The Morgan fingerprint density at radius 1 is 1.07 bits per heavy atom. The highest BCUT2D eigenvalue weighted by Gasteiger charge is 2.29. The van der Waals surface area contributed by atoms with Gasteiger partial charge in [0.1, 0.15) is 25.5 Å². The quantitative estimate of drug-likeness (QED) is 0.650. The van der Waals surface area contributed by atoms with Gasteiger partial charge in [-0.2, -0.15) is 0 Å². The van der Waals surface area contributed by atoms with Crippen molar-refractivity contribution in [3.8, 4) is 17.2 Å². The first-order valence-corrected chi connectivity index (χ1v) is 10.1. The monoisotopic (exact) mass is 407 g/mol. The summed E-state index contributed by atoms with van der Waals surface area (Å²) in [5.41, 5.74) is 0.309. The van der Waals surface area contributed by atoms with Crippen LogP contribution in [0.2, 0.25) is 0 Å². The molecule has 8 nitrogen and oxygen atoms in total. The summed E-state index contributed by atoms with van der Waals surface area (Å²) in [6, 6.07) is 10.8. The minimum Gasteiger partial charge on any atom is -0.494 e. The van der Waals surface area contributed by atoms with E-state index >= 15 is 0 Å². The molecule has 0 aliphatic carbocycles. The molecule has 150 valence electrons. The van der Waals surface area contributed by atoms with Crippen LogP contribution in [0.25, 0.3) is 0 Å². The smallest absolute Gasteiger partial charge is 0.326 e. The zero-order chi connectivity index (χ0) is 20.1. The van der Waals surface area contributed by atoms with E-state index < -0.39 is 22.5 Å². The Bertz CT molecular complexity index is 941. The zero-order valence-electron chi connectivity index (χ0n) is 15.6. The van der Waals surface area contributed by atoms with E-state index in [2.05, 4.69) is 4.74 Å². The molecule has 0 amide bonds. The number of carbonyl (C=O) groups excluding carboxylic acids is 1. The molecule has 0 spiro atoms. The van der Waals surface area contributed by atoms with Crippen LogP contribution in [-0.2, 0) is 19.6 Å². The molecule has 1 aliphatic rings. The molecule has 2 aromatic carbocycles. The molecule has 0 bridgehead atoms. The Labute approximate surface area is 163 Å². The molecule has 0 atom stereocenters. The second kappa shape index (κ2) is 8.39. The van der Waals surface area contributed by atoms with Gasteiger partial charge in [0.25, 0.3) is 10.0 Å². The van der Waals surface area contributed by atoms with E-state index in [4.69, 9.17) is 14.2 Å². The summed E-state index contributed by atoms with van der Waals surface area (Å²) >= 11 is 0. The maximum Gasteiger partial charge on any atom is 0.326 e. The molecule has 0 radical (unpaired) electrons. The number of esters is 1. The first-order valence-electron chi connectivity index (χ1n) is 8.67. The largest absolute Gasteiger partial charge is 0.494 e. The molecule has 0 N–H and O–H groups in total. The van der Waals surface area contributed by atoms with Crippen LogP contribution in [0.5, 0.6) is 17.2 Å². The number of anilines is 1. The van der Waals surface area contributed by atoms with E-state index in [0.717, 1.165) is 4.31 Å². The zero-order valence-corrected chi connectivity index (χ0v) is 16.4. The van der Waals surface area contributed by atoms with E-state index in [1.54, 1.807) is 24.3 Å². The van der Waals surface area contributed by atoms with Crippen molar-refractivity contribution >= 4 is 21.7 Å². The molecule has 0 aromatic heterocycles. The summed E-state index contributed by atoms with van der Waals surface area (Å²) in [6.45, 7) is 2.60. The number of ether oxygens (including phenoxy) is 4. The van der Waals surface area contributed by atoms with Crippen LogP contribution in [0.4, 0.5) is 5.69 Å². The van der Waals surface area contributed by atoms with E-state index in [1.165, 1.54) is 25.3 Å². The molecule has 0 saturated heterocycles. The maximum absolute atomic E-state index is 13.3. The minimum absolute atomic E-state index is 0.0189. The first-order chi connectivity index (χ1) is 13.5. The predicted molar refractivity (Wildman–Crippen MR) is 102 cm³/mol. The number of carbonyl (C=O) groups is 1. The summed E-state index contributed by atoms with van der Waals surface area (Å²) in [5, 5.41) is 0. The molecule has 0 unspecified atom stereocenters. The van der Waals surface area contributed by atoms with Crippen LogP contribution < -0.4 is 18.5 Å². The third kappa shape index (κ3) is 4.14. The summed E-state index contributed by atoms with van der Waals surface area (Å²) in [4.78, 5) is 11.9. The number of hydrogen-bond donors (Lipinski definition) is 0. The summed E-state index contributed by atoms with van der Waals surface area (Å²) in [5.74, 6) is 0.735. The Morgan fingerprint density at radius 2 is 1.75 bits per heavy atom. The van der Waals surface area contributed by atoms with E-state index in [0.29, 0.717) is 42.8 Å². The highest BCUT2D eigenvalue weighted by atomic mass is 32.2. The van der Waals surface area contributed by atoms with Crippen molar-refractivity contribution in [2.24, 2.45) is 0 Å². The SMILES string of the molecule is CCOc1ccc(N(CC(=O)OC)S(=O)(=O)c2ccc3c(c2)OCCO3)cc1. The molecular weight excluding hydrogens is 386 g/mol. The van der Waals surface area contributed by atoms with Gasteiger partial charge in [-0.25, -0.2) is 8.42 Å². The molecule has 9 heteroatoms. The highest BCUT2D eigenvalue weighted by Crippen LogP contribution is 2.34. The molecule has 1 heterocycles. The lowest BCUT2D eigenvalue weighted by Gasteiger charge is -2.25. The molecular formula is C19H21NO7S. The highest BCUT2D eigenvalue weighted by molar-refractivity contribution is 7.92. The molecule has 1 aliphatic heterocycles. The number of methoxy groups -OCH3 is 1. The van der Waals surface area contributed by atoms with Crippen LogP contribution >= 0.6 is 0 Å². The van der Waals surface area contributed by atoms with Crippen LogP contribution in [-0.4, -0.2) is 47.9 Å². The van der Waals surface area contributed by atoms with Gasteiger partial charge in [-0.05, 0) is 43.3 Å². The molecule has 2 aromatic rings. The maximum atomic E-state index is 13.3. The minimum atomic E-state index is -4.06. The van der Waals surface area contributed by atoms with Crippen molar-refractivity contribution in [1.29, 1.82) is 0 Å². The predicted octanol–water partition coefficient (Wildman–Crippen LogP) is 2.22. The summed E-state index contributed by atoms with van der Waals surface area (Å²) < 4.78 is 48.5. The van der Waals surface area contributed by atoms with Crippen molar-refractivity contribution < 1.29 is 32.2 Å². The topological polar surface area (TPSA) is 91.4 Å². The fraction of sp³-hybridized carbons (Fsp3) is 0.316. The molecule has 28 heavy (non-hydrogen) atoms. The fourth-order valence-electron chi connectivity index (χ4n) is 2.68. The van der Waals surface area contributed by atoms with Crippen molar-refractivity contribution in [3.05, 3.63) is 42.5 Å². The number of rotatable bonds is 7. The van der Waals surface area contributed by atoms with E-state index in [-0.39, 0.29) is 4.90 Å². The summed E-state index contributed by atoms with van der Waals surface area (Å²) in [7, 11) is -2.86. The summed E-state index contributed by atoms with van der Waals surface area (Å²) in [6.07, 6.45) is 0. The number of fused-ring (bicyclic) bond motifs is 1. The lowest BCUT2D eigenvalue weighted by molar-refractivity contribution is -0.138. The normalized spacial score (nSPS) is 12.9. The van der Waals surface area contributed by atoms with Gasteiger partial charge in [0.05, 0.1) is 24.3 Å². The second-order valence-corrected chi connectivity index (χ2v) is 7.68. The van der Waals surface area contributed by atoms with Gasteiger partial charge in [0.2, 0.25) is 0 Å². The molecule has 0 fully saturated rings. The van der Waals surface area contributed by atoms with Crippen LogP contribution in [0.1, 0.15) is 6.92 Å². The third-order valence-electron chi connectivity index (χ3n) is 4.04. The van der Waals surface area contributed by atoms with Gasteiger partial charge in [0.15, 0.2) is 11.5 Å². The number of nitrogens with zero attached hydrogens (tertiary/aromatic N) is 1. The Balaban J connectivity index is 1.99. The Kier molecular flexibility index (Phi) is 5.93. The first kappa shape index (κ1) is 19.8. The van der Waals surface area contributed by atoms with Crippen LogP contribution in [0.3, 0.4) is 0 Å². The van der Waals surface area contributed by atoms with E-state index in [1.807, 2.05) is 6.92 Å². The van der Waals surface area contributed by atoms with Gasteiger partial charge >= 0.3 is 5.97 Å². The number of sulfonamides is 1. The number of hydrogen-bond acceptors (Lipinski definition) is 7. The Hall–Kier alpha value is -2.94. The average Bonchev–Trinajstić information content (AvgIpc) is 2.72. The van der Waals surface area contributed by atoms with Crippen LogP contribution in [0.15, 0.2) is 47.4 Å². The van der Waals surface area contributed by atoms with E-state index in [9.17, 15) is 13.2 Å². The van der Waals surface area contributed by atoms with Gasteiger partial charge < -0.3 is 18.9 Å². The third-order valence-corrected chi connectivity index (χ3v) is 5.81. The number of benzene rings is 2. The molecule has 3 rings (SSSR count). The van der Waals surface area contributed by atoms with Gasteiger partial charge in [-0.3, -0.25) is 9.10 Å². The second-order valence-electron chi connectivity index (χ2n) is 5.82. The van der Waals surface area contributed by atoms with Crippen LogP contribution in [0, 0.1) is 0 Å².